The molecule has 0 bridgehead atoms. The summed E-state index contributed by atoms with van der Waals surface area (Å²) in [5, 5.41) is 13.9. The Hall–Kier alpha value is -2.03. The number of amides is 1. The van der Waals surface area contributed by atoms with Crippen molar-refractivity contribution in [1.29, 1.82) is 0 Å². The second-order valence-electron chi connectivity index (χ2n) is 9.67. The highest BCUT2D eigenvalue weighted by molar-refractivity contribution is 9.10. The number of halogens is 1. The Kier molecular flexibility index (Phi) is 6.67. The van der Waals surface area contributed by atoms with Gasteiger partial charge in [0.2, 0.25) is 5.91 Å². The zero-order chi connectivity index (χ0) is 22.9. The molecule has 8 heteroatoms. The Balaban J connectivity index is 1.27. The molecule has 2 fully saturated rings. The van der Waals surface area contributed by atoms with Crippen LogP contribution in [0.5, 0.6) is 0 Å². The first-order valence-electron chi connectivity index (χ1n) is 12.0. The average Bonchev–Trinajstić information content (AvgIpc) is 3.61. The minimum absolute atomic E-state index is 0.179. The van der Waals surface area contributed by atoms with E-state index in [0.717, 1.165) is 52.7 Å². The van der Waals surface area contributed by atoms with Gasteiger partial charge in [0.15, 0.2) is 0 Å². The molecule has 1 aliphatic heterocycles. The molecular weight excluding hydrogens is 482 g/mol. The number of nitrogens with zero attached hydrogens (tertiary/aromatic N) is 4. The minimum atomic E-state index is -0.505. The van der Waals surface area contributed by atoms with Crippen molar-refractivity contribution in [2.45, 2.75) is 44.1 Å². The number of anilines is 1. The van der Waals surface area contributed by atoms with Gasteiger partial charge in [-0.1, -0.05) is 35.0 Å². The smallest absolute Gasteiger partial charge is 0.231 e. The second kappa shape index (κ2) is 9.68. The van der Waals surface area contributed by atoms with E-state index >= 15 is 0 Å². The topological polar surface area (TPSA) is 81.6 Å². The summed E-state index contributed by atoms with van der Waals surface area (Å²) >= 11 is 3.50. The molecule has 2 aromatic rings. The number of aliphatic hydroxyl groups is 1. The molecule has 0 radical (unpaired) electrons. The third-order valence-electron chi connectivity index (χ3n) is 7.22. The Morgan fingerprint density at radius 2 is 1.91 bits per heavy atom. The van der Waals surface area contributed by atoms with Crippen molar-refractivity contribution in [3.05, 3.63) is 51.9 Å². The monoisotopic (exact) mass is 513 g/mol. The predicted octanol–water partition coefficient (Wildman–Crippen LogP) is 3.21. The van der Waals surface area contributed by atoms with E-state index < -0.39 is 6.10 Å². The molecule has 2 heterocycles. The summed E-state index contributed by atoms with van der Waals surface area (Å²) in [6.07, 6.45) is 4.35. The largest absolute Gasteiger partial charge is 0.387 e. The van der Waals surface area contributed by atoms with Crippen molar-refractivity contribution in [2.75, 3.05) is 44.2 Å². The second-order valence-corrected chi connectivity index (χ2v) is 10.6. The van der Waals surface area contributed by atoms with E-state index in [1.165, 1.54) is 12.8 Å². The van der Waals surface area contributed by atoms with Gasteiger partial charge in [-0.15, -0.1) is 0 Å². The fraction of sp³-hybridized carbons (Fsp3) is 0.560. The van der Waals surface area contributed by atoms with Gasteiger partial charge < -0.3 is 20.2 Å². The van der Waals surface area contributed by atoms with Gasteiger partial charge in [0.05, 0.1) is 17.7 Å². The van der Waals surface area contributed by atoms with Crippen LogP contribution >= 0.6 is 15.9 Å². The summed E-state index contributed by atoms with van der Waals surface area (Å²) < 4.78 is 1.02. The maximum Gasteiger partial charge on any atom is 0.231 e. The molecule has 2 aliphatic carbocycles. The number of hydrogen-bond donors (Lipinski definition) is 2. The fourth-order valence-corrected chi connectivity index (χ4v) is 5.37. The summed E-state index contributed by atoms with van der Waals surface area (Å²) in [6.45, 7) is 6.61. The third-order valence-corrected chi connectivity index (χ3v) is 7.75. The van der Waals surface area contributed by atoms with Crippen LogP contribution in [0.25, 0.3) is 0 Å². The number of benzene rings is 1. The van der Waals surface area contributed by atoms with Gasteiger partial charge in [-0.3, -0.25) is 4.79 Å². The lowest BCUT2D eigenvalue weighted by atomic mass is 9.97. The standard InChI is InChI=1S/C25H32BrN5O2/c1-16-12-21(32)23-22(16)24(29-15-28-23)30-8-10-31(11-9-30)25(33)20(14-27-13-17-2-3-17)18-4-6-19(26)7-5-18/h4-7,15-17,20-21,27,32H,2-3,8-14H2,1H3. The maximum absolute atomic E-state index is 13.6. The molecular formula is C25H32BrN5O2. The van der Waals surface area contributed by atoms with E-state index in [1.807, 2.05) is 17.0 Å². The lowest BCUT2D eigenvalue weighted by Crippen LogP contribution is -2.51. The van der Waals surface area contributed by atoms with Crippen LogP contribution in [0.15, 0.2) is 35.1 Å². The molecule has 0 spiro atoms. The molecule has 1 saturated heterocycles. The Labute approximate surface area is 203 Å². The molecule has 1 aromatic carbocycles. The first-order valence-corrected chi connectivity index (χ1v) is 12.8. The molecule has 3 atom stereocenters. The zero-order valence-electron chi connectivity index (χ0n) is 19.1. The Morgan fingerprint density at radius 3 is 2.61 bits per heavy atom. The van der Waals surface area contributed by atoms with Crippen LogP contribution in [0, 0.1) is 5.92 Å². The van der Waals surface area contributed by atoms with Crippen LogP contribution in [0.1, 0.15) is 60.9 Å². The van der Waals surface area contributed by atoms with Crippen molar-refractivity contribution in [1.82, 2.24) is 20.2 Å². The van der Waals surface area contributed by atoms with Crippen molar-refractivity contribution in [3.63, 3.8) is 0 Å². The highest BCUT2D eigenvalue weighted by atomic mass is 79.9. The normalized spacial score (nSPS) is 23.5. The Bertz CT molecular complexity index is 989. The van der Waals surface area contributed by atoms with Crippen LogP contribution in [0.2, 0.25) is 0 Å². The molecule has 1 saturated carbocycles. The summed E-state index contributed by atoms with van der Waals surface area (Å²) in [7, 11) is 0. The number of fused-ring (bicyclic) bond motifs is 1. The van der Waals surface area contributed by atoms with Gasteiger partial charge in [0.1, 0.15) is 12.1 Å². The van der Waals surface area contributed by atoms with E-state index in [2.05, 4.69) is 55.2 Å². The van der Waals surface area contributed by atoms with E-state index in [9.17, 15) is 9.90 Å². The number of hydrogen-bond acceptors (Lipinski definition) is 6. The molecule has 3 unspecified atom stereocenters. The van der Waals surface area contributed by atoms with E-state index in [-0.39, 0.29) is 17.7 Å². The van der Waals surface area contributed by atoms with Gasteiger partial charge in [-0.25, -0.2) is 9.97 Å². The van der Waals surface area contributed by atoms with Crippen molar-refractivity contribution in [2.24, 2.45) is 5.92 Å². The minimum Gasteiger partial charge on any atom is -0.387 e. The van der Waals surface area contributed by atoms with Crippen LogP contribution in [-0.2, 0) is 4.79 Å². The summed E-state index contributed by atoms with van der Waals surface area (Å²) in [6, 6.07) is 8.14. The van der Waals surface area contributed by atoms with Gasteiger partial charge in [-0.2, -0.15) is 0 Å². The van der Waals surface area contributed by atoms with E-state index in [4.69, 9.17) is 0 Å². The van der Waals surface area contributed by atoms with Gasteiger partial charge in [0, 0.05) is 42.8 Å². The SMILES string of the molecule is CC1CC(O)c2ncnc(N3CCN(C(=O)C(CNCC4CC4)c4ccc(Br)cc4)CC3)c21. The van der Waals surface area contributed by atoms with Crippen LogP contribution in [-0.4, -0.2) is 65.2 Å². The van der Waals surface area contributed by atoms with Gasteiger partial charge in [-0.05, 0) is 55.3 Å². The molecule has 1 aromatic heterocycles. The van der Waals surface area contributed by atoms with E-state index in [1.54, 1.807) is 6.33 Å². The first kappa shape index (κ1) is 22.7. The van der Waals surface area contributed by atoms with Crippen molar-refractivity contribution < 1.29 is 9.90 Å². The molecule has 1 amide bonds. The summed E-state index contributed by atoms with van der Waals surface area (Å²) in [4.78, 5) is 26.8. The van der Waals surface area contributed by atoms with Crippen LogP contribution in [0.4, 0.5) is 5.82 Å². The summed E-state index contributed by atoms with van der Waals surface area (Å²) in [5.41, 5.74) is 2.90. The average molecular weight is 514 g/mol. The third kappa shape index (κ3) is 4.93. The molecule has 7 nitrogen and oxygen atoms in total. The first-order chi connectivity index (χ1) is 16.0. The van der Waals surface area contributed by atoms with Gasteiger partial charge >= 0.3 is 0 Å². The van der Waals surface area contributed by atoms with E-state index in [0.29, 0.717) is 26.1 Å². The fourth-order valence-electron chi connectivity index (χ4n) is 5.11. The number of aliphatic hydroxyl groups excluding tert-OH is 1. The lowest BCUT2D eigenvalue weighted by Gasteiger charge is -2.38. The number of rotatable bonds is 7. The zero-order valence-corrected chi connectivity index (χ0v) is 20.7. The molecule has 33 heavy (non-hydrogen) atoms. The highest BCUT2D eigenvalue weighted by Crippen LogP contribution is 2.42. The van der Waals surface area contributed by atoms with Crippen LogP contribution < -0.4 is 10.2 Å². The van der Waals surface area contributed by atoms with Gasteiger partial charge in [0.25, 0.3) is 0 Å². The van der Waals surface area contributed by atoms with Crippen molar-refractivity contribution >= 4 is 27.7 Å². The number of piperazine rings is 1. The molecule has 176 valence electrons. The number of nitrogens with one attached hydrogen (secondary N) is 1. The van der Waals surface area contributed by atoms with Crippen molar-refractivity contribution in [3.8, 4) is 0 Å². The highest BCUT2D eigenvalue weighted by Gasteiger charge is 2.35. The lowest BCUT2D eigenvalue weighted by molar-refractivity contribution is -0.133. The molecule has 2 N–H and O–H groups in total. The molecule has 5 rings (SSSR count). The number of aromatic nitrogens is 2. The summed E-state index contributed by atoms with van der Waals surface area (Å²) in [5.74, 6) is 1.96. The number of carbonyl (C=O) groups excluding carboxylic acids is 1. The maximum atomic E-state index is 13.6. The number of carbonyl (C=O) groups is 1. The quantitative estimate of drug-likeness (QED) is 0.591. The predicted molar refractivity (Wildman–Crippen MR) is 131 cm³/mol. The Morgan fingerprint density at radius 1 is 1.18 bits per heavy atom. The van der Waals surface area contributed by atoms with Crippen LogP contribution in [0.3, 0.4) is 0 Å². The molecule has 3 aliphatic rings.